The number of nitrogens with one attached hydrogen (secondary N) is 1. The summed E-state index contributed by atoms with van der Waals surface area (Å²) in [5, 5.41) is 11.3. The average Bonchev–Trinajstić information content (AvgIpc) is 2.39. The number of rotatable bonds is 7. The topological polar surface area (TPSA) is 66.4 Å². The van der Waals surface area contributed by atoms with Crippen LogP contribution in [0.3, 0.4) is 0 Å². The van der Waals surface area contributed by atoms with E-state index in [0.29, 0.717) is 12.8 Å². The summed E-state index contributed by atoms with van der Waals surface area (Å²) in [7, 11) is 0. The van der Waals surface area contributed by atoms with Crippen molar-refractivity contribution in [3.8, 4) is 0 Å². The highest BCUT2D eigenvalue weighted by Gasteiger charge is 2.18. The first-order valence-electron chi connectivity index (χ1n) is 6.40. The molecule has 0 spiro atoms. The minimum atomic E-state index is -1.10. The Morgan fingerprint density at radius 3 is 2.65 bits per heavy atom. The van der Waals surface area contributed by atoms with Gasteiger partial charge in [0.15, 0.2) is 0 Å². The van der Waals surface area contributed by atoms with Crippen molar-refractivity contribution in [1.82, 2.24) is 5.32 Å². The first-order chi connectivity index (χ1) is 9.43. The Kier molecular flexibility index (Phi) is 6.09. The van der Waals surface area contributed by atoms with Crippen molar-refractivity contribution in [1.29, 1.82) is 0 Å². The molecule has 4 nitrogen and oxygen atoms in total. The Hall–Kier alpha value is -1.98. The van der Waals surface area contributed by atoms with Crippen molar-refractivity contribution in [3.63, 3.8) is 0 Å². The number of hydrogen-bond acceptors (Lipinski definition) is 2. The molecule has 1 rings (SSSR count). The lowest BCUT2D eigenvalue weighted by atomic mass is 10.1. The summed E-state index contributed by atoms with van der Waals surface area (Å²) in [4.78, 5) is 22.5. The second kappa shape index (κ2) is 7.57. The first-order valence-corrected chi connectivity index (χ1v) is 6.40. The van der Waals surface area contributed by atoms with Crippen LogP contribution in [0, 0.1) is 11.6 Å². The van der Waals surface area contributed by atoms with Crippen molar-refractivity contribution in [2.24, 2.45) is 0 Å². The fourth-order valence-corrected chi connectivity index (χ4v) is 1.80. The van der Waals surface area contributed by atoms with Crippen LogP contribution in [0.15, 0.2) is 18.2 Å². The van der Waals surface area contributed by atoms with E-state index in [1.807, 2.05) is 6.92 Å². The molecule has 0 saturated carbocycles. The lowest BCUT2D eigenvalue weighted by Gasteiger charge is -2.13. The number of carbonyl (C=O) groups is 2. The minimum absolute atomic E-state index is 0.0217. The van der Waals surface area contributed by atoms with E-state index < -0.39 is 29.6 Å². The summed E-state index contributed by atoms with van der Waals surface area (Å²) < 4.78 is 26.3. The predicted molar refractivity (Wildman–Crippen MR) is 69.2 cm³/mol. The Bertz CT molecular complexity index is 491. The molecule has 0 aliphatic heterocycles. The van der Waals surface area contributed by atoms with E-state index in [2.05, 4.69) is 5.32 Å². The zero-order valence-corrected chi connectivity index (χ0v) is 11.2. The number of aliphatic carboxylic acids is 1. The maximum absolute atomic E-state index is 13.3. The standard InChI is InChI=1S/C14H17F2NO3/c1-2-3-12(14(19)20)17-13(18)7-4-9-8-10(15)5-6-11(9)16/h5-6,8,12H,2-4,7H2,1H3,(H,17,18)(H,19,20). The smallest absolute Gasteiger partial charge is 0.326 e. The monoisotopic (exact) mass is 285 g/mol. The van der Waals surface area contributed by atoms with Crippen molar-refractivity contribution >= 4 is 11.9 Å². The highest BCUT2D eigenvalue weighted by atomic mass is 19.1. The van der Waals surface area contributed by atoms with E-state index in [9.17, 15) is 18.4 Å². The molecule has 0 heterocycles. The van der Waals surface area contributed by atoms with Gasteiger partial charge in [-0.05, 0) is 36.6 Å². The molecule has 1 atom stereocenters. The third-order valence-electron chi connectivity index (χ3n) is 2.84. The van der Waals surface area contributed by atoms with Gasteiger partial charge in [-0.25, -0.2) is 13.6 Å². The predicted octanol–water partition coefficient (Wildman–Crippen LogP) is 2.27. The highest BCUT2D eigenvalue weighted by molar-refractivity contribution is 5.83. The Morgan fingerprint density at radius 2 is 2.05 bits per heavy atom. The summed E-state index contributed by atoms with van der Waals surface area (Å²) in [5.41, 5.74) is 0.0996. The third kappa shape index (κ3) is 4.95. The molecule has 0 fully saturated rings. The van der Waals surface area contributed by atoms with Gasteiger partial charge >= 0.3 is 5.97 Å². The van der Waals surface area contributed by atoms with Crippen molar-refractivity contribution in [3.05, 3.63) is 35.4 Å². The summed E-state index contributed by atoms with van der Waals surface area (Å²) in [6.07, 6.45) is 0.882. The molecule has 1 aromatic carbocycles. The van der Waals surface area contributed by atoms with E-state index in [1.165, 1.54) is 0 Å². The van der Waals surface area contributed by atoms with E-state index in [4.69, 9.17) is 5.11 Å². The normalized spacial score (nSPS) is 11.9. The van der Waals surface area contributed by atoms with Gasteiger partial charge in [0.05, 0.1) is 0 Å². The largest absolute Gasteiger partial charge is 0.480 e. The lowest BCUT2D eigenvalue weighted by Crippen LogP contribution is -2.40. The van der Waals surface area contributed by atoms with Gasteiger partial charge in [-0.2, -0.15) is 0 Å². The maximum atomic E-state index is 13.3. The molecule has 2 N–H and O–H groups in total. The summed E-state index contributed by atoms with van der Waals surface area (Å²) in [6.45, 7) is 1.81. The van der Waals surface area contributed by atoms with E-state index >= 15 is 0 Å². The molecule has 6 heteroatoms. The number of benzene rings is 1. The van der Waals surface area contributed by atoms with Gasteiger partial charge in [-0.1, -0.05) is 13.3 Å². The first kappa shape index (κ1) is 16.1. The number of carboxylic acid groups (broad SMARTS) is 1. The molecule has 0 bridgehead atoms. The van der Waals surface area contributed by atoms with Gasteiger partial charge < -0.3 is 10.4 Å². The summed E-state index contributed by atoms with van der Waals surface area (Å²) in [5.74, 6) is -2.75. The van der Waals surface area contributed by atoms with Crippen LogP contribution in [0.5, 0.6) is 0 Å². The van der Waals surface area contributed by atoms with Gasteiger partial charge in [-0.15, -0.1) is 0 Å². The molecule has 0 saturated heterocycles. The molecular formula is C14H17F2NO3. The van der Waals surface area contributed by atoms with E-state index in [1.54, 1.807) is 0 Å². The molecule has 110 valence electrons. The Balaban J connectivity index is 2.54. The van der Waals surface area contributed by atoms with Crippen molar-refractivity contribution in [2.45, 2.75) is 38.6 Å². The minimum Gasteiger partial charge on any atom is -0.480 e. The quantitative estimate of drug-likeness (QED) is 0.807. The van der Waals surface area contributed by atoms with Crippen LogP contribution in [0.4, 0.5) is 8.78 Å². The average molecular weight is 285 g/mol. The molecule has 1 aromatic rings. The van der Waals surface area contributed by atoms with Crippen LogP contribution in [-0.4, -0.2) is 23.0 Å². The van der Waals surface area contributed by atoms with Crippen LogP contribution in [0.2, 0.25) is 0 Å². The zero-order chi connectivity index (χ0) is 15.1. The van der Waals surface area contributed by atoms with Gasteiger partial charge in [0, 0.05) is 6.42 Å². The van der Waals surface area contributed by atoms with E-state index in [0.717, 1.165) is 18.2 Å². The molecule has 1 amide bonds. The van der Waals surface area contributed by atoms with Crippen molar-refractivity contribution < 1.29 is 23.5 Å². The molecule has 0 aromatic heterocycles. The van der Waals surface area contributed by atoms with Crippen molar-refractivity contribution in [2.75, 3.05) is 0 Å². The lowest BCUT2D eigenvalue weighted by molar-refractivity contribution is -0.142. The SMILES string of the molecule is CCCC(NC(=O)CCc1cc(F)ccc1F)C(=O)O. The summed E-state index contributed by atoms with van der Waals surface area (Å²) >= 11 is 0. The molecule has 0 radical (unpaired) electrons. The number of carbonyl (C=O) groups excluding carboxylic acids is 1. The van der Waals surface area contributed by atoms with Crippen LogP contribution in [0.25, 0.3) is 0 Å². The fourth-order valence-electron chi connectivity index (χ4n) is 1.80. The molecule has 1 unspecified atom stereocenters. The van der Waals surface area contributed by atoms with Gasteiger partial charge in [0.1, 0.15) is 17.7 Å². The molecule has 0 aliphatic rings. The highest BCUT2D eigenvalue weighted by Crippen LogP contribution is 2.11. The number of amides is 1. The van der Waals surface area contributed by atoms with Crippen LogP contribution >= 0.6 is 0 Å². The molecule has 0 aliphatic carbocycles. The summed E-state index contributed by atoms with van der Waals surface area (Å²) in [6, 6.07) is 2.09. The van der Waals surface area contributed by atoms with Crippen LogP contribution in [-0.2, 0) is 16.0 Å². The molecular weight excluding hydrogens is 268 g/mol. The number of aryl methyl sites for hydroxylation is 1. The van der Waals surface area contributed by atoms with Gasteiger partial charge in [-0.3, -0.25) is 4.79 Å². The second-order valence-electron chi connectivity index (χ2n) is 4.48. The third-order valence-corrected chi connectivity index (χ3v) is 2.84. The number of carboxylic acids is 1. The second-order valence-corrected chi connectivity index (χ2v) is 4.48. The maximum Gasteiger partial charge on any atom is 0.326 e. The number of halogens is 2. The van der Waals surface area contributed by atoms with E-state index in [-0.39, 0.29) is 18.4 Å². The molecule has 20 heavy (non-hydrogen) atoms. The Morgan fingerprint density at radius 1 is 1.35 bits per heavy atom. The van der Waals surface area contributed by atoms with Gasteiger partial charge in [0.2, 0.25) is 5.91 Å². The van der Waals surface area contributed by atoms with Crippen LogP contribution < -0.4 is 5.32 Å². The zero-order valence-electron chi connectivity index (χ0n) is 11.2. The number of hydrogen-bond donors (Lipinski definition) is 2. The Labute approximate surface area is 115 Å². The van der Waals surface area contributed by atoms with Gasteiger partial charge in [0.25, 0.3) is 0 Å². The fraction of sp³-hybridized carbons (Fsp3) is 0.429. The van der Waals surface area contributed by atoms with Crippen LogP contribution in [0.1, 0.15) is 31.7 Å².